The fraction of sp³-hybridized carbons (Fsp3) is 0.235. The first kappa shape index (κ1) is 15.5. The molecule has 0 saturated heterocycles. The highest BCUT2D eigenvalue weighted by molar-refractivity contribution is 5.91. The third kappa shape index (κ3) is 3.41. The number of nitrogens with one attached hydrogen (secondary N) is 1. The predicted octanol–water partition coefficient (Wildman–Crippen LogP) is 3.49. The van der Waals surface area contributed by atoms with E-state index < -0.39 is 5.97 Å². The van der Waals surface area contributed by atoms with E-state index in [4.69, 9.17) is 4.74 Å². The van der Waals surface area contributed by atoms with Gasteiger partial charge in [-0.15, -0.1) is 0 Å². The van der Waals surface area contributed by atoms with Crippen LogP contribution in [0.2, 0.25) is 0 Å². The van der Waals surface area contributed by atoms with Crippen LogP contribution < -0.4 is 5.32 Å². The van der Waals surface area contributed by atoms with E-state index in [1.165, 1.54) is 6.07 Å². The Kier molecular flexibility index (Phi) is 4.74. The summed E-state index contributed by atoms with van der Waals surface area (Å²) < 4.78 is 4.97. The number of nitriles is 1. The molecule has 1 aromatic carbocycles. The highest BCUT2D eigenvalue weighted by Gasteiger charge is 2.16. The molecular formula is C17H17N3O2. The molecule has 5 nitrogen and oxygen atoms in total. The zero-order valence-corrected chi connectivity index (χ0v) is 12.8. The smallest absolute Gasteiger partial charge is 0.340 e. The summed E-state index contributed by atoms with van der Waals surface area (Å²) in [4.78, 5) is 16.2. The van der Waals surface area contributed by atoms with Gasteiger partial charge in [0.05, 0.1) is 23.4 Å². The Morgan fingerprint density at radius 2 is 2.14 bits per heavy atom. The molecule has 2 rings (SSSR count). The first-order valence-corrected chi connectivity index (χ1v) is 6.97. The minimum Gasteiger partial charge on any atom is -0.462 e. The van der Waals surface area contributed by atoms with Crippen LogP contribution in [-0.2, 0) is 4.74 Å². The van der Waals surface area contributed by atoms with E-state index in [0.29, 0.717) is 22.6 Å². The van der Waals surface area contributed by atoms with Gasteiger partial charge in [-0.3, -0.25) is 0 Å². The summed E-state index contributed by atoms with van der Waals surface area (Å²) in [6.45, 7) is 5.72. The van der Waals surface area contributed by atoms with E-state index in [9.17, 15) is 10.1 Å². The molecular weight excluding hydrogens is 278 g/mol. The molecule has 22 heavy (non-hydrogen) atoms. The third-order valence-electron chi connectivity index (χ3n) is 3.11. The van der Waals surface area contributed by atoms with Crippen molar-refractivity contribution in [2.45, 2.75) is 20.8 Å². The number of hydrogen-bond acceptors (Lipinski definition) is 5. The van der Waals surface area contributed by atoms with Gasteiger partial charge in [0.1, 0.15) is 11.9 Å². The van der Waals surface area contributed by atoms with Crippen LogP contribution in [0, 0.1) is 25.2 Å². The van der Waals surface area contributed by atoms with Crippen molar-refractivity contribution < 1.29 is 9.53 Å². The van der Waals surface area contributed by atoms with Crippen molar-refractivity contribution in [1.29, 1.82) is 5.26 Å². The molecule has 0 saturated carbocycles. The Labute approximate surface area is 129 Å². The van der Waals surface area contributed by atoms with Gasteiger partial charge in [-0.2, -0.15) is 5.26 Å². The van der Waals surface area contributed by atoms with Gasteiger partial charge in [-0.25, -0.2) is 9.78 Å². The second-order valence-corrected chi connectivity index (χ2v) is 4.84. The molecule has 0 fully saturated rings. The minimum absolute atomic E-state index is 0.281. The van der Waals surface area contributed by atoms with Crippen LogP contribution in [0.1, 0.15) is 34.1 Å². The maximum Gasteiger partial charge on any atom is 0.340 e. The van der Waals surface area contributed by atoms with Crippen LogP contribution in [0.25, 0.3) is 0 Å². The quantitative estimate of drug-likeness (QED) is 0.874. The van der Waals surface area contributed by atoms with Crippen molar-refractivity contribution in [3.05, 3.63) is 52.7 Å². The second kappa shape index (κ2) is 6.72. The van der Waals surface area contributed by atoms with Crippen LogP contribution in [0.5, 0.6) is 0 Å². The summed E-state index contributed by atoms with van der Waals surface area (Å²) in [6, 6.07) is 11.3. The molecule has 0 spiro atoms. The Hall–Kier alpha value is -2.87. The normalized spacial score (nSPS) is 9.91. The molecule has 2 aromatic rings. The number of rotatable bonds is 4. The lowest BCUT2D eigenvalue weighted by atomic mass is 10.1. The average Bonchev–Trinajstić information content (AvgIpc) is 2.47. The van der Waals surface area contributed by atoms with Crippen molar-refractivity contribution in [1.82, 2.24) is 4.98 Å². The van der Waals surface area contributed by atoms with Gasteiger partial charge < -0.3 is 10.1 Å². The lowest BCUT2D eigenvalue weighted by molar-refractivity contribution is 0.0525. The molecule has 0 atom stereocenters. The molecule has 1 N–H and O–H groups in total. The number of pyridine rings is 1. The van der Waals surface area contributed by atoms with Crippen molar-refractivity contribution >= 4 is 17.5 Å². The van der Waals surface area contributed by atoms with Gasteiger partial charge in [-0.05, 0) is 44.5 Å². The lowest BCUT2D eigenvalue weighted by Gasteiger charge is -2.11. The molecule has 0 bridgehead atoms. The highest BCUT2D eigenvalue weighted by Crippen LogP contribution is 2.22. The van der Waals surface area contributed by atoms with Gasteiger partial charge in [0, 0.05) is 5.69 Å². The molecule has 0 aliphatic heterocycles. The SMILES string of the molecule is CCOC(=O)c1cc(C#N)c(Nc2cccc(C)c2)nc1C. The van der Waals surface area contributed by atoms with E-state index in [1.807, 2.05) is 31.2 Å². The monoisotopic (exact) mass is 295 g/mol. The van der Waals surface area contributed by atoms with Crippen LogP contribution in [-0.4, -0.2) is 17.6 Å². The van der Waals surface area contributed by atoms with Crippen LogP contribution >= 0.6 is 0 Å². The van der Waals surface area contributed by atoms with Gasteiger partial charge in [0.25, 0.3) is 0 Å². The van der Waals surface area contributed by atoms with Crippen molar-refractivity contribution in [2.75, 3.05) is 11.9 Å². The minimum atomic E-state index is -0.467. The molecule has 0 aliphatic carbocycles. The number of esters is 1. The molecule has 1 heterocycles. The van der Waals surface area contributed by atoms with E-state index in [-0.39, 0.29) is 6.61 Å². The Bertz CT molecular complexity index is 748. The zero-order chi connectivity index (χ0) is 16.1. The second-order valence-electron chi connectivity index (χ2n) is 4.84. The standard InChI is InChI=1S/C17H17N3O2/c1-4-22-17(21)15-9-13(10-18)16(19-12(15)3)20-14-7-5-6-11(2)8-14/h5-9H,4H2,1-3H3,(H,19,20). The fourth-order valence-corrected chi connectivity index (χ4v) is 2.06. The number of hydrogen-bond donors (Lipinski definition) is 1. The molecule has 0 aliphatic rings. The summed E-state index contributed by atoms with van der Waals surface area (Å²) >= 11 is 0. The van der Waals surface area contributed by atoms with Crippen LogP contribution in [0.4, 0.5) is 11.5 Å². The Balaban J connectivity index is 2.39. The number of carbonyl (C=O) groups excluding carboxylic acids is 1. The van der Waals surface area contributed by atoms with Gasteiger partial charge in [-0.1, -0.05) is 12.1 Å². The first-order chi connectivity index (χ1) is 10.5. The molecule has 5 heteroatoms. The van der Waals surface area contributed by atoms with Gasteiger partial charge in [0.15, 0.2) is 0 Å². The molecule has 0 radical (unpaired) electrons. The van der Waals surface area contributed by atoms with Gasteiger partial charge >= 0.3 is 5.97 Å². The van der Waals surface area contributed by atoms with Crippen LogP contribution in [0.15, 0.2) is 30.3 Å². The number of nitrogens with zero attached hydrogens (tertiary/aromatic N) is 2. The number of carbonyl (C=O) groups is 1. The summed E-state index contributed by atoms with van der Waals surface area (Å²) in [7, 11) is 0. The number of ether oxygens (including phenoxy) is 1. The topological polar surface area (TPSA) is 75.0 Å². The molecule has 1 aromatic heterocycles. The average molecular weight is 295 g/mol. The Morgan fingerprint density at radius 3 is 2.77 bits per heavy atom. The lowest BCUT2D eigenvalue weighted by Crippen LogP contribution is -2.10. The van der Waals surface area contributed by atoms with Crippen LogP contribution in [0.3, 0.4) is 0 Å². The maximum atomic E-state index is 11.9. The summed E-state index contributed by atoms with van der Waals surface area (Å²) in [5.41, 5.74) is 3.08. The third-order valence-corrected chi connectivity index (χ3v) is 3.11. The number of benzene rings is 1. The zero-order valence-electron chi connectivity index (χ0n) is 12.8. The largest absolute Gasteiger partial charge is 0.462 e. The first-order valence-electron chi connectivity index (χ1n) is 6.97. The van der Waals surface area contributed by atoms with E-state index in [1.54, 1.807) is 13.8 Å². The number of anilines is 2. The summed E-state index contributed by atoms with van der Waals surface area (Å²) in [5.74, 6) is -0.0373. The summed E-state index contributed by atoms with van der Waals surface area (Å²) in [5, 5.41) is 12.4. The van der Waals surface area contributed by atoms with Gasteiger partial charge in [0.2, 0.25) is 0 Å². The van der Waals surface area contributed by atoms with E-state index in [0.717, 1.165) is 11.3 Å². The van der Waals surface area contributed by atoms with Crippen molar-refractivity contribution in [3.8, 4) is 6.07 Å². The predicted molar refractivity (Wildman–Crippen MR) is 84.1 cm³/mol. The van der Waals surface area contributed by atoms with E-state index >= 15 is 0 Å². The molecule has 0 unspecified atom stereocenters. The van der Waals surface area contributed by atoms with Crippen molar-refractivity contribution in [3.63, 3.8) is 0 Å². The Morgan fingerprint density at radius 1 is 1.36 bits per heavy atom. The van der Waals surface area contributed by atoms with Crippen molar-refractivity contribution in [2.24, 2.45) is 0 Å². The van der Waals surface area contributed by atoms with E-state index in [2.05, 4.69) is 16.4 Å². The highest BCUT2D eigenvalue weighted by atomic mass is 16.5. The maximum absolute atomic E-state index is 11.9. The number of aryl methyl sites for hydroxylation is 2. The molecule has 0 amide bonds. The molecule has 112 valence electrons. The number of aromatic nitrogens is 1. The fourth-order valence-electron chi connectivity index (χ4n) is 2.06. The summed E-state index contributed by atoms with van der Waals surface area (Å²) in [6.07, 6.45) is 0.